The predicted octanol–water partition coefficient (Wildman–Crippen LogP) is 2.17. The third-order valence-corrected chi connectivity index (χ3v) is 2.92. The molecule has 16 heavy (non-hydrogen) atoms. The second-order valence-corrected chi connectivity index (χ2v) is 4.05. The van der Waals surface area contributed by atoms with Crippen LogP contribution in [-0.4, -0.2) is 18.0 Å². The number of nitrogen functional groups attached to an aromatic ring is 1. The number of hydrogen-bond donors (Lipinski definition) is 1. The molecule has 86 valence electrons. The van der Waals surface area contributed by atoms with E-state index in [1.165, 1.54) is 18.6 Å². The van der Waals surface area contributed by atoms with Crippen LogP contribution in [0.1, 0.15) is 19.3 Å². The molecule has 0 radical (unpaired) electrons. The SMILES string of the molecule is Nc1cc([N+](=O)[O-])ccc1N1CCCCC1. The maximum atomic E-state index is 10.6. The standard InChI is InChI=1S/C11H15N3O2/c12-10-8-9(14(15)16)4-5-11(10)13-6-2-1-3-7-13/h4-5,8H,1-3,6-7,12H2. The Morgan fingerprint density at radius 3 is 2.50 bits per heavy atom. The van der Waals surface area contributed by atoms with E-state index < -0.39 is 4.92 Å². The molecule has 1 aliphatic heterocycles. The van der Waals surface area contributed by atoms with Crippen molar-refractivity contribution < 1.29 is 4.92 Å². The Kier molecular flexibility index (Phi) is 2.94. The predicted molar refractivity (Wildman–Crippen MR) is 63.6 cm³/mol. The minimum Gasteiger partial charge on any atom is -0.397 e. The molecule has 5 heteroatoms. The summed E-state index contributed by atoms with van der Waals surface area (Å²) in [7, 11) is 0. The Labute approximate surface area is 94.0 Å². The zero-order valence-electron chi connectivity index (χ0n) is 9.06. The Balaban J connectivity index is 2.24. The fraction of sp³-hybridized carbons (Fsp3) is 0.455. The van der Waals surface area contributed by atoms with Gasteiger partial charge in [0, 0.05) is 25.2 Å². The van der Waals surface area contributed by atoms with Crippen molar-refractivity contribution in [3.63, 3.8) is 0 Å². The summed E-state index contributed by atoms with van der Waals surface area (Å²) in [5, 5.41) is 10.6. The summed E-state index contributed by atoms with van der Waals surface area (Å²) >= 11 is 0. The smallest absolute Gasteiger partial charge is 0.271 e. The molecule has 2 N–H and O–H groups in total. The molecule has 2 rings (SSSR count). The van der Waals surface area contributed by atoms with Crippen molar-refractivity contribution in [1.82, 2.24) is 0 Å². The van der Waals surface area contributed by atoms with Gasteiger partial charge in [-0.25, -0.2) is 0 Å². The highest BCUT2D eigenvalue weighted by molar-refractivity contribution is 5.70. The van der Waals surface area contributed by atoms with Crippen LogP contribution in [0.4, 0.5) is 17.1 Å². The van der Waals surface area contributed by atoms with E-state index in [-0.39, 0.29) is 5.69 Å². The molecular formula is C11H15N3O2. The number of nitrogens with zero attached hydrogens (tertiary/aromatic N) is 2. The molecule has 1 aromatic carbocycles. The third kappa shape index (κ3) is 2.08. The van der Waals surface area contributed by atoms with Crippen molar-refractivity contribution in [2.75, 3.05) is 23.7 Å². The van der Waals surface area contributed by atoms with Crippen molar-refractivity contribution in [3.8, 4) is 0 Å². The first-order valence-electron chi connectivity index (χ1n) is 5.47. The number of piperidine rings is 1. The van der Waals surface area contributed by atoms with E-state index in [4.69, 9.17) is 5.73 Å². The van der Waals surface area contributed by atoms with Crippen LogP contribution in [0.25, 0.3) is 0 Å². The summed E-state index contributed by atoms with van der Waals surface area (Å²) in [5.74, 6) is 0. The lowest BCUT2D eigenvalue weighted by Gasteiger charge is -2.29. The molecule has 0 aliphatic carbocycles. The van der Waals surface area contributed by atoms with E-state index in [2.05, 4.69) is 4.90 Å². The van der Waals surface area contributed by atoms with Gasteiger partial charge in [-0.05, 0) is 25.3 Å². The van der Waals surface area contributed by atoms with Gasteiger partial charge in [0.1, 0.15) is 0 Å². The van der Waals surface area contributed by atoms with Gasteiger partial charge in [-0.1, -0.05) is 0 Å². The van der Waals surface area contributed by atoms with Gasteiger partial charge in [0.2, 0.25) is 0 Å². The van der Waals surface area contributed by atoms with Gasteiger partial charge < -0.3 is 10.6 Å². The number of nitro benzene ring substituents is 1. The number of anilines is 2. The van der Waals surface area contributed by atoms with Gasteiger partial charge in [-0.3, -0.25) is 10.1 Å². The van der Waals surface area contributed by atoms with Crippen molar-refractivity contribution in [2.24, 2.45) is 0 Å². The molecule has 1 fully saturated rings. The summed E-state index contributed by atoms with van der Waals surface area (Å²) in [6.07, 6.45) is 3.58. The Hall–Kier alpha value is -1.78. The van der Waals surface area contributed by atoms with E-state index in [0.717, 1.165) is 31.6 Å². The molecule has 0 spiro atoms. The van der Waals surface area contributed by atoms with Crippen LogP contribution in [0.15, 0.2) is 18.2 Å². The summed E-state index contributed by atoms with van der Waals surface area (Å²) < 4.78 is 0. The minimum absolute atomic E-state index is 0.0539. The van der Waals surface area contributed by atoms with Crippen LogP contribution in [0.2, 0.25) is 0 Å². The number of benzene rings is 1. The average Bonchev–Trinajstić information content (AvgIpc) is 2.30. The van der Waals surface area contributed by atoms with Crippen molar-refractivity contribution in [1.29, 1.82) is 0 Å². The molecule has 1 aromatic rings. The van der Waals surface area contributed by atoms with E-state index in [1.54, 1.807) is 6.07 Å². The summed E-state index contributed by atoms with van der Waals surface area (Å²) in [4.78, 5) is 12.4. The lowest BCUT2D eigenvalue weighted by Crippen LogP contribution is -2.29. The number of non-ortho nitro benzene ring substituents is 1. The lowest BCUT2D eigenvalue weighted by molar-refractivity contribution is -0.384. The Morgan fingerprint density at radius 2 is 1.94 bits per heavy atom. The molecule has 1 saturated heterocycles. The van der Waals surface area contributed by atoms with Gasteiger partial charge in [-0.15, -0.1) is 0 Å². The Bertz CT molecular complexity index is 400. The first-order chi connectivity index (χ1) is 7.68. The van der Waals surface area contributed by atoms with Gasteiger partial charge in [0.25, 0.3) is 5.69 Å². The highest BCUT2D eigenvalue weighted by Gasteiger charge is 2.15. The number of hydrogen-bond acceptors (Lipinski definition) is 4. The van der Waals surface area contributed by atoms with Crippen LogP contribution in [0, 0.1) is 10.1 Å². The first-order valence-corrected chi connectivity index (χ1v) is 5.47. The average molecular weight is 221 g/mol. The van der Waals surface area contributed by atoms with E-state index in [0.29, 0.717) is 5.69 Å². The molecule has 0 saturated carbocycles. The first kappa shape index (κ1) is 10.7. The summed E-state index contributed by atoms with van der Waals surface area (Å²) in [6, 6.07) is 4.70. The van der Waals surface area contributed by atoms with Gasteiger partial charge >= 0.3 is 0 Å². The van der Waals surface area contributed by atoms with Crippen molar-refractivity contribution in [2.45, 2.75) is 19.3 Å². The molecular weight excluding hydrogens is 206 g/mol. The molecule has 1 heterocycles. The highest BCUT2D eigenvalue weighted by atomic mass is 16.6. The van der Waals surface area contributed by atoms with Gasteiger partial charge in [-0.2, -0.15) is 0 Å². The number of nitro groups is 1. The number of nitrogens with two attached hydrogens (primary N) is 1. The second kappa shape index (κ2) is 4.38. The molecule has 0 aromatic heterocycles. The highest BCUT2D eigenvalue weighted by Crippen LogP contribution is 2.29. The van der Waals surface area contributed by atoms with E-state index >= 15 is 0 Å². The summed E-state index contributed by atoms with van der Waals surface area (Å²) in [6.45, 7) is 1.98. The Morgan fingerprint density at radius 1 is 1.25 bits per heavy atom. The van der Waals surface area contributed by atoms with Gasteiger partial charge in [0.05, 0.1) is 16.3 Å². The van der Waals surface area contributed by atoms with Crippen LogP contribution < -0.4 is 10.6 Å². The summed E-state index contributed by atoms with van der Waals surface area (Å²) in [5.41, 5.74) is 7.32. The third-order valence-electron chi connectivity index (χ3n) is 2.92. The maximum absolute atomic E-state index is 10.6. The molecule has 5 nitrogen and oxygen atoms in total. The molecule has 0 amide bonds. The van der Waals surface area contributed by atoms with Gasteiger partial charge in [0.15, 0.2) is 0 Å². The van der Waals surface area contributed by atoms with Crippen molar-refractivity contribution >= 4 is 17.1 Å². The quantitative estimate of drug-likeness (QED) is 0.472. The van der Waals surface area contributed by atoms with Crippen molar-refractivity contribution in [3.05, 3.63) is 28.3 Å². The zero-order valence-corrected chi connectivity index (χ0v) is 9.06. The minimum atomic E-state index is -0.420. The van der Waals surface area contributed by atoms with Crippen LogP contribution >= 0.6 is 0 Å². The second-order valence-electron chi connectivity index (χ2n) is 4.05. The zero-order chi connectivity index (χ0) is 11.5. The normalized spacial score (nSPS) is 16.1. The fourth-order valence-electron chi connectivity index (χ4n) is 2.08. The van der Waals surface area contributed by atoms with E-state index in [9.17, 15) is 10.1 Å². The van der Waals surface area contributed by atoms with Crippen LogP contribution in [0.5, 0.6) is 0 Å². The molecule has 1 aliphatic rings. The largest absolute Gasteiger partial charge is 0.397 e. The maximum Gasteiger partial charge on any atom is 0.271 e. The molecule has 0 atom stereocenters. The monoisotopic (exact) mass is 221 g/mol. The lowest BCUT2D eigenvalue weighted by atomic mass is 10.1. The molecule has 0 unspecified atom stereocenters. The fourth-order valence-corrected chi connectivity index (χ4v) is 2.08. The van der Waals surface area contributed by atoms with Crippen LogP contribution in [-0.2, 0) is 0 Å². The number of rotatable bonds is 2. The topological polar surface area (TPSA) is 72.4 Å². The van der Waals surface area contributed by atoms with Crippen LogP contribution in [0.3, 0.4) is 0 Å². The molecule has 0 bridgehead atoms. The van der Waals surface area contributed by atoms with E-state index in [1.807, 2.05) is 0 Å².